The Hall–Kier alpha value is -2.34. The predicted molar refractivity (Wildman–Crippen MR) is 94.2 cm³/mol. The smallest absolute Gasteiger partial charge is 0.274 e. The first-order valence-electron chi connectivity index (χ1n) is 7.82. The Morgan fingerprint density at radius 1 is 1.25 bits per heavy atom. The van der Waals surface area contributed by atoms with Gasteiger partial charge in [-0.15, -0.1) is 0 Å². The lowest BCUT2D eigenvalue weighted by molar-refractivity contribution is 0.102. The lowest BCUT2D eigenvalue weighted by Crippen LogP contribution is -2.23. The number of rotatable bonds is 4. The van der Waals surface area contributed by atoms with Crippen LogP contribution in [0.25, 0.3) is 0 Å². The minimum absolute atomic E-state index is 0.290. The first-order valence-corrected chi connectivity index (χ1v) is 8.20. The molecular formula is C17H19ClN4O2. The molecule has 3 rings (SSSR count). The van der Waals surface area contributed by atoms with Gasteiger partial charge in [-0.1, -0.05) is 11.6 Å². The molecule has 0 radical (unpaired) electrons. The SMILES string of the molecule is COc1ccc(NC(=O)c2cc(C)nc(N3CCCC3)n2)cc1Cl. The molecule has 1 fully saturated rings. The molecule has 1 aromatic heterocycles. The van der Waals surface area contributed by atoms with E-state index in [9.17, 15) is 4.79 Å². The van der Waals surface area contributed by atoms with E-state index in [-0.39, 0.29) is 5.91 Å². The molecule has 1 N–H and O–H groups in total. The first kappa shape index (κ1) is 16.5. The lowest BCUT2D eigenvalue weighted by Gasteiger charge is -2.16. The van der Waals surface area contributed by atoms with Gasteiger partial charge in [-0.25, -0.2) is 9.97 Å². The van der Waals surface area contributed by atoms with Crippen LogP contribution < -0.4 is 15.0 Å². The van der Waals surface area contributed by atoms with Crippen molar-refractivity contribution in [2.75, 3.05) is 30.4 Å². The fourth-order valence-electron chi connectivity index (χ4n) is 2.67. The number of carbonyl (C=O) groups excluding carboxylic acids is 1. The highest BCUT2D eigenvalue weighted by Gasteiger charge is 2.18. The maximum absolute atomic E-state index is 12.5. The van der Waals surface area contributed by atoms with Crippen LogP contribution in [0.4, 0.5) is 11.6 Å². The van der Waals surface area contributed by atoms with Gasteiger partial charge >= 0.3 is 0 Å². The van der Waals surface area contributed by atoms with Crippen molar-refractivity contribution in [2.45, 2.75) is 19.8 Å². The molecule has 0 unspecified atom stereocenters. The van der Waals surface area contributed by atoms with E-state index in [0.717, 1.165) is 31.6 Å². The van der Waals surface area contributed by atoms with Crippen LogP contribution in [-0.4, -0.2) is 36.1 Å². The van der Waals surface area contributed by atoms with Gasteiger partial charge in [-0.05, 0) is 44.0 Å². The summed E-state index contributed by atoms with van der Waals surface area (Å²) in [5.41, 5.74) is 1.70. The summed E-state index contributed by atoms with van der Waals surface area (Å²) in [6, 6.07) is 6.77. The van der Waals surface area contributed by atoms with Gasteiger partial charge in [0.15, 0.2) is 0 Å². The molecule has 126 valence electrons. The van der Waals surface area contributed by atoms with Gasteiger partial charge in [-0.3, -0.25) is 4.79 Å². The zero-order valence-corrected chi connectivity index (χ0v) is 14.4. The van der Waals surface area contributed by atoms with Crippen LogP contribution in [0.3, 0.4) is 0 Å². The Labute approximate surface area is 145 Å². The number of nitrogens with zero attached hydrogens (tertiary/aromatic N) is 3. The number of hydrogen-bond donors (Lipinski definition) is 1. The summed E-state index contributed by atoms with van der Waals surface area (Å²) in [5.74, 6) is 0.886. The Kier molecular flexibility index (Phi) is 4.85. The van der Waals surface area contributed by atoms with Crippen molar-refractivity contribution in [2.24, 2.45) is 0 Å². The van der Waals surface area contributed by atoms with Gasteiger partial charge in [-0.2, -0.15) is 0 Å². The summed E-state index contributed by atoms with van der Waals surface area (Å²) in [6.45, 7) is 3.72. The minimum Gasteiger partial charge on any atom is -0.495 e. The molecular weight excluding hydrogens is 328 g/mol. The monoisotopic (exact) mass is 346 g/mol. The second kappa shape index (κ2) is 7.05. The van der Waals surface area contributed by atoms with Crippen LogP contribution in [0.5, 0.6) is 5.75 Å². The number of aryl methyl sites for hydroxylation is 1. The summed E-state index contributed by atoms with van der Waals surface area (Å²) in [6.07, 6.45) is 2.26. The molecule has 0 aliphatic carbocycles. The number of aromatic nitrogens is 2. The topological polar surface area (TPSA) is 67.3 Å². The zero-order valence-electron chi connectivity index (χ0n) is 13.7. The largest absolute Gasteiger partial charge is 0.495 e. The molecule has 7 heteroatoms. The summed E-state index contributed by atoms with van der Waals surface area (Å²) >= 11 is 6.09. The van der Waals surface area contributed by atoms with Crippen molar-refractivity contribution in [3.05, 3.63) is 40.7 Å². The number of ether oxygens (including phenoxy) is 1. The van der Waals surface area contributed by atoms with Crippen molar-refractivity contribution < 1.29 is 9.53 Å². The molecule has 1 aliphatic rings. The van der Waals surface area contributed by atoms with Crippen molar-refractivity contribution in [1.29, 1.82) is 0 Å². The van der Waals surface area contributed by atoms with Gasteiger partial charge in [0.2, 0.25) is 5.95 Å². The van der Waals surface area contributed by atoms with Gasteiger partial charge in [0.25, 0.3) is 5.91 Å². The molecule has 0 bridgehead atoms. The molecule has 24 heavy (non-hydrogen) atoms. The quantitative estimate of drug-likeness (QED) is 0.920. The number of anilines is 2. The van der Waals surface area contributed by atoms with E-state index in [0.29, 0.717) is 28.1 Å². The lowest BCUT2D eigenvalue weighted by atomic mass is 10.2. The summed E-state index contributed by atoms with van der Waals surface area (Å²) in [5, 5.41) is 3.24. The molecule has 0 spiro atoms. The summed E-state index contributed by atoms with van der Waals surface area (Å²) < 4.78 is 5.11. The standard InChI is InChI=1S/C17H19ClN4O2/c1-11-9-14(21-17(19-11)22-7-3-4-8-22)16(23)20-12-5-6-15(24-2)13(18)10-12/h5-6,9-10H,3-4,7-8H2,1-2H3,(H,20,23). The fraction of sp³-hybridized carbons (Fsp3) is 0.353. The normalized spacial score (nSPS) is 13.9. The van der Waals surface area contributed by atoms with Crippen molar-refractivity contribution in [3.8, 4) is 5.75 Å². The molecule has 6 nitrogen and oxygen atoms in total. The summed E-state index contributed by atoms with van der Waals surface area (Å²) in [4.78, 5) is 23.5. The average Bonchev–Trinajstić information content (AvgIpc) is 3.09. The number of hydrogen-bond acceptors (Lipinski definition) is 5. The second-order valence-corrected chi connectivity index (χ2v) is 6.10. The minimum atomic E-state index is -0.290. The Bertz CT molecular complexity index is 760. The van der Waals surface area contributed by atoms with Crippen molar-refractivity contribution in [1.82, 2.24) is 9.97 Å². The molecule has 0 saturated carbocycles. The molecule has 1 aliphatic heterocycles. The molecule has 2 aromatic rings. The predicted octanol–water partition coefficient (Wildman–Crippen LogP) is 3.30. The van der Waals surface area contributed by atoms with Crippen LogP contribution in [-0.2, 0) is 0 Å². The highest BCUT2D eigenvalue weighted by Crippen LogP contribution is 2.27. The van der Waals surface area contributed by atoms with E-state index in [2.05, 4.69) is 20.2 Å². The van der Waals surface area contributed by atoms with Gasteiger partial charge in [0, 0.05) is 24.5 Å². The Morgan fingerprint density at radius 2 is 2.00 bits per heavy atom. The van der Waals surface area contributed by atoms with Gasteiger partial charge in [0.1, 0.15) is 11.4 Å². The number of carbonyl (C=O) groups is 1. The van der Waals surface area contributed by atoms with Crippen LogP contribution in [0.2, 0.25) is 5.02 Å². The Morgan fingerprint density at radius 3 is 2.67 bits per heavy atom. The number of halogens is 1. The van der Waals surface area contributed by atoms with E-state index in [1.165, 1.54) is 0 Å². The third-order valence-corrected chi connectivity index (χ3v) is 4.17. The highest BCUT2D eigenvalue weighted by atomic mass is 35.5. The number of methoxy groups -OCH3 is 1. The molecule has 2 heterocycles. The highest BCUT2D eigenvalue weighted by molar-refractivity contribution is 6.32. The first-order chi connectivity index (χ1) is 11.6. The number of nitrogens with one attached hydrogen (secondary N) is 1. The van der Waals surface area contributed by atoms with Crippen molar-refractivity contribution >= 4 is 29.1 Å². The van der Waals surface area contributed by atoms with E-state index in [4.69, 9.17) is 16.3 Å². The third-order valence-electron chi connectivity index (χ3n) is 3.87. The third kappa shape index (κ3) is 3.59. The fourth-order valence-corrected chi connectivity index (χ4v) is 2.92. The maximum Gasteiger partial charge on any atom is 0.274 e. The number of benzene rings is 1. The molecule has 1 amide bonds. The Balaban J connectivity index is 1.80. The molecule has 1 aromatic carbocycles. The van der Waals surface area contributed by atoms with E-state index in [1.54, 1.807) is 31.4 Å². The van der Waals surface area contributed by atoms with Gasteiger partial charge in [0.05, 0.1) is 12.1 Å². The van der Waals surface area contributed by atoms with Crippen molar-refractivity contribution in [3.63, 3.8) is 0 Å². The van der Waals surface area contributed by atoms with E-state index >= 15 is 0 Å². The second-order valence-electron chi connectivity index (χ2n) is 5.69. The molecule has 0 atom stereocenters. The van der Waals surface area contributed by atoms with E-state index < -0.39 is 0 Å². The van der Waals surface area contributed by atoms with Crippen LogP contribution >= 0.6 is 11.6 Å². The zero-order chi connectivity index (χ0) is 17.1. The van der Waals surface area contributed by atoms with Gasteiger partial charge < -0.3 is 15.0 Å². The van der Waals surface area contributed by atoms with Crippen LogP contribution in [0, 0.1) is 6.92 Å². The molecule has 1 saturated heterocycles. The summed E-state index contributed by atoms with van der Waals surface area (Å²) in [7, 11) is 1.54. The van der Waals surface area contributed by atoms with Crippen LogP contribution in [0.15, 0.2) is 24.3 Å². The number of amides is 1. The maximum atomic E-state index is 12.5. The van der Waals surface area contributed by atoms with Crippen LogP contribution in [0.1, 0.15) is 29.0 Å². The van der Waals surface area contributed by atoms with E-state index in [1.807, 2.05) is 6.92 Å². The average molecular weight is 347 g/mol.